The van der Waals surface area contributed by atoms with Crippen LogP contribution in [0, 0.1) is 6.92 Å². The van der Waals surface area contributed by atoms with Gasteiger partial charge >= 0.3 is 0 Å². The van der Waals surface area contributed by atoms with Crippen molar-refractivity contribution in [1.29, 1.82) is 0 Å². The molecule has 0 fully saturated rings. The summed E-state index contributed by atoms with van der Waals surface area (Å²) in [4.78, 5) is 28.2. The fraction of sp³-hybridized carbons (Fsp3) is 0.286. The van der Waals surface area contributed by atoms with Crippen LogP contribution in [-0.4, -0.2) is 43.8 Å². The lowest BCUT2D eigenvalue weighted by atomic mass is 10.1. The molecule has 0 unspecified atom stereocenters. The molecule has 0 aliphatic heterocycles. The van der Waals surface area contributed by atoms with Crippen LogP contribution in [-0.2, 0) is 26.2 Å². The van der Waals surface area contributed by atoms with Crippen LogP contribution >= 0.6 is 39.1 Å². The number of amides is 2. The Hall–Kier alpha value is -2.59. The fourth-order valence-corrected chi connectivity index (χ4v) is 5.95. The average Bonchev–Trinajstić information content (AvgIpc) is 2.88. The summed E-state index contributed by atoms with van der Waals surface area (Å²) in [5.74, 6) is -0.944. The smallest absolute Gasteiger partial charge is 0.264 e. The van der Waals surface area contributed by atoms with Gasteiger partial charge in [-0.1, -0.05) is 75.0 Å². The molecule has 0 radical (unpaired) electrons. The molecule has 3 aromatic rings. The van der Waals surface area contributed by atoms with E-state index in [4.69, 9.17) is 23.2 Å². The van der Waals surface area contributed by atoms with Crippen LogP contribution in [0.2, 0.25) is 10.0 Å². The topological polar surface area (TPSA) is 86.8 Å². The first-order chi connectivity index (χ1) is 18.3. The molecule has 0 aliphatic carbocycles. The first kappa shape index (κ1) is 30.9. The van der Waals surface area contributed by atoms with Crippen molar-refractivity contribution in [2.45, 2.75) is 51.2 Å². The Morgan fingerprint density at radius 2 is 1.56 bits per heavy atom. The summed E-state index contributed by atoms with van der Waals surface area (Å²) in [5.41, 5.74) is 1.70. The molecule has 0 heterocycles. The molecule has 2 amide bonds. The Balaban J connectivity index is 2.07. The van der Waals surface area contributed by atoms with Crippen LogP contribution in [0.4, 0.5) is 5.69 Å². The van der Waals surface area contributed by atoms with Crippen LogP contribution in [0.25, 0.3) is 0 Å². The number of rotatable bonds is 10. The van der Waals surface area contributed by atoms with Gasteiger partial charge < -0.3 is 10.2 Å². The lowest BCUT2D eigenvalue weighted by Gasteiger charge is -2.32. The first-order valence-corrected chi connectivity index (χ1v) is 15.2. The zero-order chi connectivity index (χ0) is 28.9. The minimum absolute atomic E-state index is 0.00675. The third-order valence-corrected chi connectivity index (χ3v) is 9.06. The molecule has 1 N–H and O–H groups in total. The molecule has 0 bridgehead atoms. The molecule has 39 heavy (non-hydrogen) atoms. The van der Waals surface area contributed by atoms with Crippen molar-refractivity contribution in [1.82, 2.24) is 10.2 Å². The molecular weight excluding hydrogens is 625 g/mol. The zero-order valence-corrected chi connectivity index (χ0v) is 25.9. The monoisotopic (exact) mass is 653 g/mol. The molecule has 1 atom stereocenters. The predicted octanol–water partition coefficient (Wildman–Crippen LogP) is 6.20. The molecule has 0 saturated heterocycles. The molecular formula is C28H30BrCl2N3O4S. The second kappa shape index (κ2) is 13.2. The van der Waals surface area contributed by atoms with E-state index in [1.807, 2.05) is 45.0 Å². The van der Waals surface area contributed by atoms with Gasteiger partial charge in [-0.3, -0.25) is 13.9 Å². The number of nitrogens with zero attached hydrogens (tertiary/aromatic N) is 2. The van der Waals surface area contributed by atoms with E-state index in [-0.39, 0.29) is 39.1 Å². The van der Waals surface area contributed by atoms with Crippen molar-refractivity contribution < 1.29 is 18.0 Å². The number of hydrogen-bond donors (Lipinski definition) is 1. The minimum atomic E-state index is -4.25. The zero-order valence-electron chi connectivity index (χ0n) is 22.0. The number of carbonyl (C=O) groups excluding carboxylic acids is 2. The quantitative estimate of drug-likeness (QED) is 0.282. The summed E-state index contributed by atoms with van der Waals surface area (Å²) >= 11 is 16.1. The van der Waals surface area contributed by atoms with Crippen LogP contribution in [0.5, 0.6) is 0 Å². The molecule has 3 rings (SSSR count). The lowest BCUT2D eigenvalue weighted by molar-refractivity contribution is -0.139. The Kier molecular flexibility index (Phi) is 10.5. The van der Waals surface area contributed by atoms with E-state index in [1.54, 1.807) is 25.1 Å². The predicted molar refractivity (Wildman–Crippen MR) is 160 cm³/mol. The van der Waals surface area contributed by atoms with Gasteiger partial charge in [-0.05, 0) is 69.7 Å². The van der Waals surface area contributed by atoms with Crippen LogP contribution in [0.15, 0.2) is 76.1 Å². The van der Waals surface area contributed by atoms with Gasteiger partial charge in [-0.2, -0.15) is 0 Å². The van der Waals surface area contributed by atoms with Gasteiger partial charge in [0, 0.05) is 17.1 Å². The highest BCUT2D eigenvalue weighted by molar-refractivity contribution is 9.10. The van der Waals surface area contributed by atoms with E-state index < -0.39 is 28.5 Å². The van der Waals surface area contributed by atoms with E-state index in [9.17, 15) is 18.0 Å². The summed E-state index contributed by atoms with van der Waals surface area (Å²) in [6.45, 7) is 6.58. The maximum atomic E-state index is 13.9. The number of benzene rings is 3. The molecule has 11 heteroatoms. The summed E-state index contributed by atoms with van der Waals surface area (Å²) in [6, 6.07) is 17.1. The van der Waals surface area contributed by atoms with Gasteiger partial charge in [-0.25, -0.2) is 8.42 Å². The second-order valence-electron chi connectivity index (χ2n) is 9.39. The molecule has 0 aliphatic rings. The largest absolute Gasteiger partial charge is 0.352 e. The highest BCUT2D eigenvalue weighted by atomic mass is 79.9. The number of sulfonamides is 1. The van der Waals surface area contributed by atoms with Crippen molar-refractivity contribution in [3.8, 4) is 0 Å². The van der Waals surface area contributed by atoms with Crippen molar-refractivity contribution in [2.24, 2.45) is 0 Å². The molecule has 0 spiro atoms. The maximum Gasteiger partial charge on any atom is 0.264 e. The van der Waals surface area contributed by atoms with E-state index in [1.165, 1.54) is 29.2 Å². The van der Waals surface area contributed by atoms with E-state index in [0.717, 1.165) is 19.9 Å². The molecule has 7 nitrogen and oxygen atoms in total. The van der Waals surface area contributed by atoms with E-state index in [0.29, 0.717) is 0 Å². The summed E-state index contributed by atoms with van der Waals surface area (Å²) < 4.78 is 29.6. The molecule has 0 aromatic heterocycles. The first-order valence-electron chi connectivity index (χ1n) is 12.2. The highest BCUT2D eigenvalue weighted by Crippen LogP contribution is 2.35. The van der Waals surface area contributed by atoms with Crippen molar-refractivity contribution in [2.75, 3.05) is 10.8 Å². The average molecular weight is 655 g/mol. The number of aryl methyl sites for hydroxylation is 1. The Bertz CT molecular complexity index is 1430. The van der Waals surface area contributed by atoms with Gasteiger partial charge in [0.25, 0.3) is 10.0 Å². The highest BCUT2D eigenvalue weighted by Gasteiger charge is 2.33. The number of carbonyl (C=O) groups is 2. The summed E-state index contributed by atoms with van der Waals surface area (Å²) in [6.07, 6.45) is 0. The lowest BCUT2D eigenvalue weighted by Crippen LogP contribution is -2.52. The standard InChI is InChI=1S/C28H30BrCl2N3O4S/c1-18(2)32-28(36)20(4)33(16-21-10-12-22(29)13-11-21)26(35)17-34(25-7-5-6-24(30)27(25)31)39(37,38)23-14-8-19(3)9-15-23/h5-15,18,20H,16-17H2,1-4H3,(H,32,36)/t20-/m1/s1. The molecule has 0 saturated carbocycles. The number of nitrogens with one attached hydrogen (secondary N) is 1. The Morgan fingerprint density at radius 3 is 2.15 bits per heavy atom. The Labute approximate surface area is 248 Å². The van der Waals surface area contributed by atoms with Gasteiger partial charge in [0.15, 0.2) is 0 Å². The van der Waals surface area contributed by atoms with Crippen LogP contribution < -0.4 is 9.62 Å². The van der Waals surface area contributed by atoms with E-state index in [2.05, 4.69) is 21.2 Å². The summed E-state index contributed by atoms with van der Waals surface area (Å²) in [7, 11) is -4.25. The third-order valence-electron chi connectivity index (χ3n) is 5.95. The van der Waals surface area contributed by atoms with Gasteiger partial charge in [0.05, 0.1) is 20.6 Å². The molecule has 3 aromatic carbocycles. The number of hydrogen-bond acceptors (Lipinski definition) is 4. The third kappa shape index (κ3) is 7.75. The van der Waals surface area contributed by atoms with Crippen molar-refractivity contribution >= 4 is 66.7 Å². The number of halogens is 3. The second-order valence-corrected chi connectivity index (χ2v) is 12.9. The Morgan fingerprint density at radius 1 is 0.949 bits per heavy atom. The van der Waals surface area contributed by atoms with Gasteiger partial charge in [0.1, 0.15) is 12.6 Å². The summed E-state index contributed by atoms with van der Waals surface area (Å²) in [5, 5.41) is 2.96. The van der Waals surface area contributed by atoms with Crippen LogP contribution in [0.1, 0.15) is 31.9 Å². The normalized spacial score (nSPS) is 12.2. The van der Waals surface area contributed by atoms with Gasteiger partial charge in [0.2, 0.25) is 11.8 Å². The van der Waals surface area contributed by atoms with Gasteiger partial charge in [-0.15, -0.1) is 0 Å². The SMILES string of the molecule is Cc1ccc(S(=O)(=O)N(CC(=O)N(Cc2ccc(Br)cc2)[C@H](C)C(=O)NC(C)C)c2cccc(Cl)c2Cl)cc1. The molecule has 208 valence electrons. The van der Waals surface area contributed by atoms with Crippen LogP contribution in [0.3, 0.4) is 0 Å². The van der Waals surface area contributed by atoms with Crippen molar-refractivity contribution in [3.63, 3.8) is 0 Å². The van der Waals surface area contributed by atoms with Crippen molar-refractivity contribution in [3.05, 3.63) is 92.4 Å². The fourth-order valence-electron chi connectivity index (χ4n) is 3.81. The van der Waals surface area contributed by atoms with E-state index >= 15 is 0 Å². The maximum absolute atomic E-state index is 13.9. The minimum Gasteiger partial charge on any atom is -0.352 e. The number of anilines is 1.